The molecule has 39 heavy (non-hydrogen) atoms. The average molecular weight is 503 g/mol. The van der Waals surface area contributed by atoms with E-state index in [9.17, 15) is 0 Å². The molecule has 1 aliphatic heterocycles. The minimum absolute atomic E-state index is 0.364. The van der Waals surface area contributed by atoms with Crippen molar-refractivity contribution in [1.82, 2.24) is 10.3 Å². The van der Waals surface area contributed by atoms with Gasteiger partial charge in [0.1, 0.15) is 11.7 Å². The van der Waals surface area contributed by atoms with E-state index in [4.69, 9.17) is 9.98 Å². The minimum atomic E-state index is -0.364. The van der Waals surface area contributed by atoms with Crippen molar-refractivity contribution in [2.75, 3.05) is 0 Å². The van der Waals surface area contributed by atoms with Gasteiger partial charge in [0, 0.05) is 28.6 Å². The van der Waals surface area contributed by atoms with Gasteiger partial charge in [-0.2, -0.15) is 0 Å². The Morgan fingerprint density at radius 1 is 0.513 bits per heavy atom. The molecular formula is C35H26N4. The van der Waals surface area contributed by atoms with E-state index in [2.05, 4.69) is 126 Å². The molecule has 0 amide bonds. The molecule has 6 aromatic rings. The first kappa shape index (κ1) is 23.1. The number of fused-ring (bicyclic) bond motifs is 2. The molecule has 0 saturated heterocycles. The first-order valence-corrected chi connectivity index (χ1v) is 13.1. The zero-order valence-corrected chi connectivity index (χ0v) is 21.5. The monoisotopic (exact) mass is 502 g/mol. The third-order valence-electron chi connectivity index (χ3n) is 7.21. The van der Waals surface area contributed by atoms with E-state index in [-0.39, 0.29) is 6.17 Å². The van der Waals surface area contributed by atoms with Crippen LogP contribution in [0, 0.1) is 6.92 Å². The third-order valence-corrected chi connectivity index (χ3v) is 7.21. The number of rotatable bonds is 4. The lowest BCUT2D eigenvalue weighted by Gasteiger charge is -2.23. The molecule has 1 aromatic heterocycles. The number of aliphatic imine (C=N–C) groups is 2. The molecule has 1 atom stereocenters. The second-order valence-electron chi connectivity index (χ2n) is 9.89. The molecule has 0 spiro atoms. The largest absolute Gasteiger partial charge is 0.324 e. The van der Waals surface area contributed by atoms with Crippen LogP contribution >= 0.6 is 0 Å². The highest BCUT2D eigenvalue weighted by atomic mass is 15.2. The topological polar surface area (TPSA) is 49.6 Å². The molecule has 0 fully saturated rings. The number of benzene rings is 5. The van der Waals surface area contributed by atoms with Gasteiger partial charge in [-0.05, 0) is 63.9 Å². The molecule has 186 valence electrons. The van der Waals surface area contributed by atoms with Gasteiger partial charge in [0.25, 0.3) is 0 Å². The van der Waals surface area contributed by atoms with Crippen LogP contribution in [0.3, 0.4) is 0 Å². The van der Waals surface area contributed by atoms with Crippen LogP contribution in [0.15, 0.2) is 138 Å². The second-order valence-corrected chi connectivity index (χ2v) is 9.89. The van der Waals surface area contributed by atoms with E-state index in [1.165, 1.54) is 21.5 Å². The number of amidine groups is 2. The van der Waals surface area contributed by atoms with E-state index in [1.807, 2.05) is 19.2 Å². The first-order chi connectivity index (χ1) is 19.2. The molecule has 5 aromatic carbocycles. The Hall–Kier alpha value is -5.09. The molecule has 2 heterocycles. The number of hydrogen-bond donors (Lipinski definition) is 1. The lowest BCUT2D eigenvalue weighted by molar-refractivity contribution is 0.757. The Morgan fingerprint density at radius 2 is 1.13 bits per heavy atom. The van der Waals surface area contributed by atoms with Crippen LogP contribution in [0.2, 0.25) is 0 Å². The summed E-state index contributed by atoms with van der Waals surface area (Å²) in [6, 6.07) is 42.3. The lowest BCUT2D eigenvalue weighted by Crippen LogP contribution is -2.36. The summed E-state index contributed by atoms with van der Waals surface area (Å²) in [5, 5.41) is 8.33. The van der Waals surface area contributed by atoms with Gasteiger partial charge in [0.2, 0.25) is 0 Å². The van der Waals surface area contributed by atoms with Crippen molar-refractivity contribution in [2.24, 2.45) is 9.98 Å². The van der Waals surface area contributed by atoms with Gasteiger partial charge < -0.3 is 5.32 Å². The summed E-state index contributed by atoms with van der Waals surface area (Å²) in [6.07, 6.45) is 1.56. The Kier molecular flexibility index (Phi) is 5.71. The number of hydrogen-bond acceptors (Lipinski definition) is 4. The molecule has 4 heteroatoms. The Morgan fingerprint density at radius 3 is 1.85 bits per heavy atom. The van der Waals surface area contributed by atoms with E-state index in [0.717, 1.165) is 45.2 Å². The molecule has 1 aliphatic rings. The van der Waals surface area contributed by atoms with Crippen LogP contribution in [0.1, 0.15) is 28.6 Å². The minimum Gasteiger partial charge on any atom is -0.324 e. The van der Waals surface area contributed by atoms with E-state index < -0.39 is 0 Å². The van der Waals surface area contributed by atoms with E-state index in [1.54, 1.807) is 0 Å². The summed E-state index contributed by atoms with van der Waals surface area (Å²) in [5.41, 5.74) is 6.28. The van der Waals surface area contributed by atoms with Gasteiger partial charge in [0.05, 0.1) is 0 Å². The molecule has 0 saturated carbocycles. The van der Waals surface area contributed by atoms with Crippen LogP contribution in [0.25, 0.3) is 32.7 Å². The summed E-state index contributed by atoms with van der Waals surface area (Å²) in [5.74, 6) is 1.61. The molecular weight excluding hydrogens is 476 g/mol. The summed E-state index contributed by atoms with van der Waals surface area (Å²) in [6.45, 7) is 2.00. The number of aryl methyl sites for hydroxylation is 1. The van der Waals surface area contributed by atoms with Crippen molar-refractivity contribution in [3.63, 3.8) is 0 Å². The highest BCUT2D eigenvalue weighted by Gasteiger charge is 2.21. The van der Waals surface area contributed by atoms with E-state index >= 15 is 0 Å². The van der Waals surface area contributed by atoms with Crippen molar-refractivity contribution in [3.05, 3.63) is 150 Å². The summed E-state index contributed by atoms with van der Waals surface area (Å²) < 4.78 is 0. The smallest absolute Gasteiger partial charge is 0.169 e. The molecule has 0 radical (unpaired) electrons. The second kappa shape index (κ2) is 9.66. The van der Waals surface area contributed by atoms with Crippen LogP contribution in [-0.2, 0) is 0 Å². The Bertz CT molecular complexity index is 1900. The van der Waals surface area contributed by atoms with Crippen LogP contribution in [0.5, 0.6) is 0 Å². The fraction of sp³-hybridized carbons (Fsp3) is 0.0571. The van der Waals surface area contributed by atoms with Crippen molar-refractivity contribution in [1.29, 1.82) is 0 Å². The van der Waals surface area contributed by atoms with Crippen molar-refractivity contribution in [2.45, 2.75) is 13.1 Å². The van der Waals surface area contributed by atoms with Crippen LogP contribution in [0.4, 0.5) is 0 Å². The fourth-order valence-electron chi connectivity index (χ4n) is 5.08. The zero-order valence-electron chi connectivity index (χ0n) is 21.5. The number of pyridine rings is 1. The predicted molar refractivity (Wildman–Crippen MR) is 161 cm³/mol. The molecule has 7 rings (SSSR count). The van der Waals surface area contributed by atoms with E-state index in [0.29, 0.717) is 0 Å². The number of aromatic nitrogens is 1. The van der Waals surface area contributed by atoms with Gasteiger partial charge in [-0.3, -0.25) is 4.98 Å². The SMILES string of the molecule is Cc1ccc(-c2cccc(C3=NC(c4ccc5ccccc5c4)N=C(c4ccc5ccccc5c4)N3)c2)cn1. The quantitative estimate of drug-likeness (QED) is 0.267. The van der Waals surface area contributed by atoms with Crippen molar-refractivity contribution >= 4 is 33.2 Å². The summed E-state index contributed by atoms with van der Waals surface area (Å²) in [4.78, 5) is 14.7. The molecule has 1 N–H and O–H groups in total. The number of nitrogens with one attached hydrogen (secondary N) is 1. The molecule has 1 unspecified atom stereocenters. The first-order valence-electron chi connectivity index (χ1n) is 13.1. The highest BCUT2D eigenvalue weighted by molar-refractivity contribution is 6.16. The third kappa shape index (κ3) is 4.57. The van der Waals surface area contributed by atoms with Gasteiger partial charge in [-0.15, -0.1) is 0 Å². The van der Waals surface area contributed by atoms with Gasteiger partial charge in [-0.25, -0.2) is 9.98 Å². The van der Waals surface area contributed by atoms with Gasteiger partial charge >= 0.3 is 0 Å². The maximum absolute atomic E-state index is 5.12. The molecule has 4 nitrogen and oxygen atoms in total. The zero-order chi connectivity index (χ0) is 26.2. The maximum atomic E-state index is 5.12. The predicted octanol–water partition coefficient (Wildman–Crippen LogP) is 7.86. The normalized spacial score (nSPS) is 15.1. The van der Waals surface area contributed by atoms with Crippen molar-refractivity contribution < 1.29 is 0 Å². The van der Waals surface area contributed by atoms with Gasteiger partial charge in [0.15, 0.2) is 6.17 Å². The highest BCUT2D eigenvalue weighted by Crippen LogP contribution is 2.29. The van der Waals surface area contributed by atoms with Gasteiger partial charge in [-0.1, -0.05) is 97.1 Å². The van der Waals surface area contributed by atoms with Crippen LogP contribution < -0.4 is 5.32 Å². The number of nitrogens with zero attached hydrogens (tertiary/aromatic N) is 3. The summed E-state index contributed by atoms with van der Waals surface area (Å²) in [7, 11) is 0. The molecule has 0 bridgehead atoms. The van der Waals surface area contributed by atoms with Crippen LogP contribution in [-0.4, -0.2) is 16.7 Å². The molecule has 0 aliphatic carbocycles. The fourth-order valence-corrected chi connectivity index (χ4v) is 5.08. The summed E-state index contributed by atoms with van der Waals surface area (Å²) >= 11 is 0. The Balaban J connectivity index is 1.34. The Labute approximate surface area is 227 Å². The average Bonchev–Trinajstić information content (AvgIpc) is 3.01. The lowest BCUT2D eigenvalue weighted by atomic mass is 10.0. The standard InChI is InChI=1S/C35H26N4/c1-23-13-14-32(22-36-23)28-11-6-12-29(21-28)33-37-34(30-17-15-24-7-2-4-9-26(24)19-30)39-35(38-33)31-18-16-25-8-3-5-10-27(25)20-31/h2-22,34H,1H3,(H,37,38,39). The van der Waals surface area contributed by atoms with Crippen molar-refractivity contribution in [3.8, 4) is 11.1 Å². The maximum Gasteiger partial charge on any atom is 0.169 e.